The number of amides is 4. The molecule has 0 radical (unpaired) electrons. The minimum Gasteiger partial charge on any atom is -0.309 e. The molecule has 4 rings (SSSR count). The third kappa shape index (κ3) is 4.37. The highest BCUT2D eigenvalue weighted by atomic mass is 16.2. The van der Waals surface area contributed by atoms with Crippen molar-refractivity contribution in [3.63, 3.8) is 0 Å². The summed E-state index contributed by atoms with van der Waals surface area (Å²) in [4.78, 5) is 41.1. The normalized spacial score (nSPS) is 16.4. The average molecular weight is 446 g/mol. The zero-order valence-electron chi connectivity index (χ0n) is 19.1. The summed E-state index contributed by atoms with van der Waals surface area (Å²) >= 11 is 0. The van der Waals surface area contributed by atoms with Crippen molar-refractivity contribution < 1.29 is 14.4 Å². The highest BCUT2D eigenvalue weighted by Crippen LogP contribution is 2.27. The van der Waals surface area contributed by atoms with Crippen molar-refractivity contribution in [3.8, 4) is 5.69 Å². The molecule has 3 aromatic rings. The standard InChI is InChI=1S/C25H27N5O3/c1-17-23(32)28(24(33)29(17)18-11-7-5-8-12-18)16-22(31)26-21-15-20(25(2,3)4)27-30(21)19-13-9-6-10-14-19/h5-15,17H,16H2,1-4H3,(H,26,31). The number of rotatable bonds is 5. The summed E-state index contributed by atoms with van der Waals surface area (Å²) in [7, 11) is 0. The van der Waals surface area contributed by atoms with Gasteiger partial charge >= 0.3 is 6.03 Å². The quantitative estimate of drug-likeness (QED) is 0.602. The summed E-state index contributed by atoms with van der Waals surface area (Å²) in [6.07, 6.45) is 0. The minimum absolute atomic E-state index is 0.230. The number of nitrogens with one attached hydrogen (secondary N) is 1. The van der Waals surface area contributed by atoms with Gasteiger partial charge in [0.2, 0.25) is 5.91 Å². The van der Waals surface area contributed by atoms with Crippen molar-refractivity contribution in [2.45, 2.75) is 39.2 Å². The zero-order valence-corrected chi connectivity index (χ0v) is 19.1. The summed E-state index contributed by atoms with van der Waals surface area (Å²) < 4.78 is 1.66. The molecule has 0 aliphatic carbocycles. The fourth-order valence-corrected chi connectivity index (χ4v) is 3.72. The van der Waals surface area contributed by atoms with Crippen LogP contribution in [0.4, 0.5) is 16.3 Å². The number of para-hydroxylation sites is 2. The zero-order chi connectivity index (χ0) is 23.8. The Balaban J connectivity index is 1.56. The summed E-state index contributed by atoms with van der Waals surface area (Å²) in [5, 5.41) is 7.51. The molecule has 0 bridgehead atoms. The molecule has 1 aromatic heterocycles. The first-order valence-corrected chi connectivity index (χ1v) is 10.8. The van der Waals surface area contributed by atoms with E-state index in [2.05, 4.69) is 10.4 Å². The molecule has 1 atom stereocenters. The van der Waals surface area contributed by atoms with Gasteiger partial charge in [-0.25, -0.2) is 9.48 Å². The molecule has 4 amide bonds. The van der Waals surface area contributed by atoms with Gasteiger partial charge in [-0.05, 0) is 31.2 Å². The predicted molar refractivity (Wildman–Crippen MR) is 126 cm³/mol. The molecule has 1 unspecified atom stereocenters. The topological polar surface area (TPSA) is 87.5 Å². The van der Waals surface area contributed by atoms with Crippen molar-refractivity contribution >= 4 is 29.4 Å². The third-order valence-corrected chi connectivity index (χ3v) is 5.53. The molecule has 1 fully saturated rings. The summed E-state index contributed by atoms with van der Waals surface area (Å²) in [6, 6.07) is 19.0. The van der Waals surface area contributed by atoms with Crippen molar-refractivity contribution in [1.82, 2.24) is 14.7 Å². The molecule has 1 aliphatic heterocycles. The minimum atomic E-state index is -0.685. The molecule has 1 aliphatic rings. The first kappa shape index (κ1) is 22.3. The van der Waals surface area contributed by atoms with Gasteiger partial charge in [0, 0.05) is 17.2 Å². The molecule has 8 nitrogen and oxygen atoms in total. The Morgan fingerprint density at radius 2 is 1.55 bits per heavy atom. The van der Waals surface area contributed by atoms with Crippen molar-refractivity contribution in [1.29, 1.82) is 0 Å². The number of aromatic nitrogens is 2. The average Bonchev–Trinajstić information content (AvgIpc) is 3.30. The molecule has 33 heavy (non-hydrogen) atoms. The van der Waals surface area contributed by atoms with Gasteiger partial charge in [0.25, 0.3) is 5.91 Å². The Kier molecular flexibility index (Phi) is 5.76. The van der Waals surface area contributed by atoms with Crippen molar-refractivity contribution in [3.05, 3.63) is 72.4 Å². The number of carbonyl (C=O) groups is 3. The van der Waals surface area contributed by atoms with Crippen LogP contribution in [0.25, 0.3) is 5.69 Å². The number of hydrogen-bond acceptors (Lipinski definition) is 4. The molecular weight excluding hydrogens is 418 g/mol. The van der Waals surface area contributed by atoms with E-state index in [-0.39, 0.29) is 12.0 Å². The van der Waals surface area contributed by atoms with Crippen LogP contribution >= 0.6 is 0 Å². The van der Waals surface area contributed by atoms with E-state index in [0.717, 1.165) is 16.3 Å². The van der Waals surface area contributed by atoms with Crippen LogP contribution < -0.4 is 10.2 Å². The molecule has 2 heterocycles. The lowest BCUT2D eigenvalue weighted by Crippen LogP contribution is -2.39. The van der Waals surface area contributed by atoms with Crippen LogP contribution in [-0.2, 0) is 15.0 Å². The Labute approximate surface area is 192 Å². The SMILES string of the molecule is CC1C(=O)N(CC(=O)Nc2cc(C(C)(C)C)nn2-c2ccccc2)C(=O)N1c1ccccc1. The first-order valence-electron chi connectivity index (χ1n) is 10.8. The molecule has 2 aromatic carbocycles. The number of urea groups is 1. The summed E-state index contributed by atoms with van der Waals surface area (Å²) in [6.45, 7) is 7.40. The van der Waals surface area contributed by atoms with Gasteiger partial charge in [0.1, 0.15) is 18.4 Å². The monoisotopic (exact) mass is 445 g/mol. The predicted octanol–water partition coefficient (Wildman–Crippen LogP) is 3.97. The van der Waals surface area contributed by atoms with Crippen LogP contribution in [0.1, 0.15) is 33.4 Å². The van der Waals surface area contributed by atoms with Crippen molar-refractivity contribution in [2.24, 2.45) is 0 Å². The van der Waals surface area contributed by atoms with Gasteiger partial charge < -0.3 is 5.32 Å². The Bertz CT molecular complexity index is 1180. The molecule has 0 spiro atoms. The van der Waals surface area contributed by atoms with Gasteiger partial charge in [-0.1, -0.05) is 57.2 Å². The van der Waals surface area contributed by atoms with E-state index in [9.17, 15) is 14.4 Å². The lowest BCUT2D eigenvalue weighted by Gasteiger charge is -2.19. The van der Waals surface area contributed by atoms with Gasteiger partial charge in [-0.2, -0.15) is 5.10 Å². The Morgan fingerprint density at radius 3 is 2.12 bits per heavy atom. The summed E-state index contributed by atoms with van der Waals surface area (Å²) in [5.74, 6) is -0.412. The number of carbonyl (C=O) groups excluding carboxylic acids is 3. The van der Waals surface area contributed by atoms with Crippen molar-refractivity contribution in [2.75, 3.05) is 16.8 Å². The third-order valence-electron chi connectivity index (χ3n) is 5.53. The van der Waals surface area contributed by atoms with Gasteiger partial charge in [-0.15, -0.1) is 0 Å². The van der Waals surface area contributed by atoms with E-state index in [0.29, 0.717) is 11.5 Å². The van der Waals surface area contributed by atoms with E-state index in [4.69, 9.17) is 0 Å². The fraction of sp³-hybridized carbons (Fsp3) is 0.280. The fourth-order valence-electron chi connectivity index (χ4n) is 3.72. The second kappa shape index (κ2) is 8.54. The molecule has 8 heteroatoms. The maximum atomic E-state index is 13.0. The largest absolute Gasteiger partial charge is 0.332 e. The number of anilines is 2. The molecular formula is C25H27N5O3. The van der Waals surface area contributed by atoms with Gasteiger partial charge in [-0.3, -0.25) is 19.4 Å². The van der Waals surface area contributed by atoms with Gasteiger partial charge in [0.05, 0.1) is 11.4 Å². The van der Waals surface area contributed by atoms with E-state index < -0.39 is 23.9 Å². The van der Waals surface area contributed by atoms with E-state index >= 15 is 0 Å². The lowest BCUT2D eigenvalue weighted by atomic mass is 9.92. The maximum absolute atomic E-state index is 13.0. The van der Waals surface area contributed by atoms with E-state index in [1.54, 1.807) is 35.9 Å². The number of imide groups is 1. The smallest absolute Gasteiger partial charge is 0.309 e. The highest BCUT2D eigenvalue weighted by molar-refractivity contribution is 6.16. The molecule has 1 N–H and O–H groups in total. The van der Waals surface area contributed by atoms with E-state index in [1.165, 1.54) is 4.90 Å². The molecule has 1 saturated heterocycles. The first-order chi connectivity index (χ1) is 15.7. The van der Waals surface area contributed by atoms with Crippen LogP contribution in [0, 0.1) is 0 Å². The van der Waals surface area contributed by atoms with Crippen LogP contribution in [0.5, 0.6) is 0 Å². The highest BCUT2D eigenvalue weighted by Gasteiger charge is 2.44. The number of nitrogens with zero attached hydrogens (tertiary/aromatic N) is 4. The summed E-state index contributed by atoms with van der Waals surface area (Å²) in [5.41, 5.74) is 1.98. The van der Waals surface area contributed by atoms with Crippen LogP contribution in [0.2, 0.25) is 0 Å². The number of benzene rings is 2. The lowest BCUT2D eigenvalue weighted by molar-refractivity contribution is -0.130. The molecule has 170 valence electrons. The van der Waals surface area contributed by atoms with E-state index in [1.807, 2.05) is 63.2 Å². The van der Waals surface area contributed by atoms with Crippen LogP contribution in [-0.4, -0.2) is 45.1 Å². The second-order valence-corrected chi connectivity index (χ2v) is 9.05. The number of hydrogen-bond donors (Lipinski definition) is 1. The van der Waals surface area contributed by atoms with Crippen LogP contribution in [0.15, 0.2) is 66.7 Å². The maximum Gasteiger partial charge on any atom is 0.332 e. The molecule has 0 saturated carbocycles. The van der Waals surface area contributed by atoms with Gasteiger partial charge in [0.15, 0.2) is 0 Å². The second-order valence-electron chi connectivity index (χ2n) is 9.05. The Hall–Kier alpha value is -3.94. The Morgan fingerprint density at radius 1 is 0.970 bits per heavy atom. The van der Waals surface area contributed by atoms with Crippen LogP contribution in [0.3, 0.4) is 0 Å².